The Morgan fingerprint density at radius 1 is 1.28 bits per heavy atom. The van der Waals surface area contributed by atoms with Crippen LogP contribution in [0.4, 0.5) is 4.79 Å². The third-order valence-electron chi connectivity index (χ3n) is 2.08. The van der Waals surface area contributed by atoms with Gasteiger partial charge in [-0.25, -0.2) is 4.79 Å². The standard InChI is InChI=1S/C14H23NO3/c1-6-10-15(11-8-9-12(16)7-2)13(17)18-14(3,4)5/h6-7H,1-2,8-11H2,3-5H3. The highest BCUT2D eigenvalue weighted by atomic mass is 16.6. The van der Waals surface area contributed by atoms with Gasteiger partial charge in [0.1, 0.15) is 5.60 Å². The average molecular weight is 253 g/mol. The van der Waals surface area contributed by atoms with Crippen molar-refractivity contribution >= 4 is 11.9 Å². The first-order valence-electron chi connectivity index (χ1n) is 6.04. The van der Waals surface area contributed by atoms with Crippen molar-refractivity contribution in [1.82, 2.24) is 4.90 Å². The lowest BCUT2D eigenvalue weighted by atomic mass is 10.2. The van der Waals surface area contributed by atoms with E-state index in [1.54, 1.807) is 6.08 Å². The Hall–Kier alpha value is -1.58. The van der Waals surface area contributed by atoms with Crippen LogP contribution in [0.25, 0.3) is 0 Å². The lowest BCUT2D eigenvalue weighted by Crippen LogP contribution is -2.37. The molecule has 0 unspecified atom stereocenters. The SMILES string of the molecule is C=CCN(CCCC(=O)C=C)C(=O)OC(C)(C)C. The van der Waals surface area contributed by atoms with Gasteiger partial charge in [-0.1, -0.05) is 12.7 Å². The van der Waals surface area contributed by atoms with Gasteiger partial charge in [-0.2, -0.15) is 0 Å². The highest BCUT2D eigenvalue weighted by Gasteiger charge is 2.21. The maximum absolute atomic E-state index is 11.8. The molecule has 4 nitrogen and oxygen atoms in total. The molecule has 18 heavy (non-hydrogen) atoms. The molecule has 0 spiro atoms. The molecular formula is C14H23NO3. The Kier molecular flexibility index (Phi) is 7.01. The number of amides is 1. The van der Waals surface area contributed by atoms with E-state index in [2.05, 4.69) is 13.2 Å². The Morgan fingerprint density at radius 2 is 1.89 bits per heavy atom. The van der Waals surface area contributed by atoms with Crippen molar-refractivity contribution in [3.05, 3.63) is 25.3 Å². The maximum atomic E-state index is 11.8. The molecule has 0 aromatic carbocycles. The van der Waals surface area contributed by atoms with Crippen LogP contribution in [-0.2, 0) is 9.53 Å². The summed E-state index contributed by atoms with van der Waals surface area (Å²) < 4.78 is 5.27. The zero-order valence-electron chi connectivity index (χ0n) is 11.6. The summed E-state index contributed by atoms with van der Waals surface area (Å²) in [5.74, 6) is -0.0160. The molecule has 0 aliphatic rings. The topological polar surface area (TPSA) is 46.6 Å². The van der Waals surface area contributed by atoms with E-state index in [0.29, 0.717) is 25.9 Å². The molecule has 0 aliphatic heterocycles. The van der Waals surface area contributed by atoms with Crippen molar-refractivity contribution in [2.75, 3.05) is 13.1 Å². The second-order valence-electron chi connectivity index (χ2n) is 4.99. The van der Waals surface area contributed by atoms with E-state index in [1.165, 1.54) is 11.0 Å². The summed E-state index contributed by atoms with van der Waals surface area (Å²) in [5.41, 5.74) is -0.520. The van der Waals surface area contributed by atoms with Crippen molar-refractivity contribution in [2.45, 2.75) is 39.2 Å². The van der Waals surface area contributed by atoms with Crippen molar-refractivity contribution in [3.8, 4) is 0 Å². The van der Waals surface area contributed by atoms with Crippen LogP contribution >= 0.6 is 0 Å². The summed E-state index contributed by atoms with van der Waals surface area (Å²) in [7, 11) is 0. The zero-order valence-corrected chi connectivity index (χ0v) is 11.6. The smallest absolute Gasteiger partial charge is 0.410 e. The van der Waals surface area contributed by atoms with Crippen LogP contribution in [-0.4, -0.2) is 35.5 Å². The third kappa shape index (κ3) is 7.65. The number of allylic oxidation sites excluding steroid dienone is 1. The molecule has 0 aromatic heterocycles. The molecule has 0 bridgehead atoms. The van der Waals surface area contributed by atoms with Gasteiger partial charge < -0.3 is 9.64 Å². The molecule has 0 N–H and O–H groups in total. The molecule has 0 radical (unpaired) electrons. The monoisotopic (exact) mass is 253 g/mol. The normalized spacial score (nSPS) is 10.6. The Morgan fingerprint density at radius 3 is 2.33 bits per heavy atom. The predicted molar refractivity (Wildman–Crippen MR) is 72.4 cm³/mol. The van der Waals surface area contributed by atoms with E-state index >= 15 is 0 Å². The summed E-state index contributed by atoms with van der Waals surface area (Å²) in [5, 5.41) is 0. The van der Waals surface area contributed by atoms with Crippen LogP contribution in [0.3, 0.4) is 0 Å². The summed E-state index contributed by atoms with van der Waals surface area (Å²) in [6.07, 6.45) is 3.54. The van der Waals surface area contributed by atoms with Crippen LogP contribution in [0.1, 0.15) is 33.6 Å². The number of hydrogen-bond donors (Lipinski definition) is 0. The van der Waals surface area contributed by atoms with Gasteiger partial charge in [0.2, 0.25) is 0 Å². The first-order chi connectivity index (χ1) is 8.30. The third-order valence-corrected chi connectivity index (χ3v) is 2.08. The van der Waals surface area contributed by atoms with E-state index < -0.39 is 5.60 Å². The molecule has 0 aliphatic carbocycles. The molecule has 0 rings (SSSR count). The zero-order chi connectivity index (χ0) is 14.2. The molecular weight excluding hydrogens is 230 g/mol. The summed E-state index contributed by atoms with van der Waals surface area (Å²) in [4.78, 5) is 24.5. The molecule has 102 valence electrons. The number of hydrogen-bond acceptors (Lipinski definition) is 3. The second-order valence-corrected chi connectivity index (χ2v) is 4.99. The minimum absolute atomic E-state index is 0.0160. The van der Waals surface area contributed by atoms with Gasteiger partial charge in [0.15, 0.2) is 5.78 Å². The first-order valence-corrected chi connectivity index (χ1v) is 6.04. The number of nitrogens with zero attached hydrogens (tertiary/aromatic N) is 1. The fourth-order valence-corrected chi connectivity index (χ4v) is 1.29. The van der Waals surface area contributed by atoms with Gasteiger partial charge in [0.25, 0.3) is 0 Å². The molecule has 0 saturated carbocycles. The highest BCUT2D eigenvalue weighted by molar-refractivity contribution is 5.88. The maximum Gasteiger partial charge on any atom is 0.410 e. The second kappa shape index (κ2) is 7.69. The first kappa shape index (κ1) is 16.4. The number of rotatable bonds is 7. The van der Waals surface area contributed by atoms with E-state index in [-0.39, 0.29) is 11.9 Å². The minimum atomic E-state index is -0.520. The Balaban J connectivity index is 4.29. The average Bonchev–Trinajstić information content (AvgIpc) is 2.25. The van der Waals surface area contributed by atoms with Crippen molar-refractivity contribution < 1.29 is 14.3 Å². The van der Waals surface area contributed by atoms with Crippen LogP contribution in [0.5, 0.6) is 0 Å². The number of carbonyl (C=O) groups is 2. The largest absolute Gasteiger partial charge is 0.444 e. The summed E-state index contributed by atoms with van der Waals surface area (Å²) in [6, 6.07) is 0. The summed E-state index contributed by atoms with van der Waals surface area (Å²) in [6.45, 7) is 13.4. The Bertz CT molecular complexity index is 315. The predicted octanol–water partition coefficient (Wildman–Crippen LogP) is 2.94. The van der Waals surface area contributed by atoms with Gasteiger partial charge >= 0.3 is 6.09 Å². The van der Waals surface area contributed by atoms with Crippen molar-refractivity contribution in [1.29, 1.82) is 0 Å². The van der Waals surface area contributed by atoms with Crippen molar-refractivity contribution in [3.63, 3.8) is 0 Å². The lowest BCUT2D eigenvalue weighted by molar-refractivity contribution is -0.114. The van der Waals surface area contributed by atoms with Crippen LogP contribution in [0.2, 0.25) is 0 Å². The molecule has 0 fully saturated rings. The molecule has 0 atom stereocenters. The van der Waals surface area contributed by atoms with E-state index in [1.807, 2.05) is 20.8 Å². The summed E-state index contributed by atoms with van der Waals surface area (Å²) >= 11 is 0. The molecule has 0 saturated heterocycles. The van der Waals surface area contributed by atoms with Gasteiger partial charge in [-0.05, 0) is 33.3 Å². The number of ether oxygens (including phenoxy) is 1. The number of ketones is 1. The minimum Gasteiger partial charge on any atom is -0.444 e. The fourth-order valence-electron chi connectivity index (χ4n) is 1.29. The van der Waals surface area contributed by atoms with Crippen LogP contribution in [0, 0.1) is 0 Å². The fraction of sp³-hybridized carbons (Fsp3) is 0.571. The number of carbonyl (C=O) groups excluding carboxylic acids is 2. The van der Waals surface area contributed by atoms with Gasteiger partial charge in [0, 0.05) is 19.5 Å². The van der Waals surface area contributed by atoms with Gasteiger partial charge in [0.05, 0.1) is 0 Å². The quantitative estimate of drug-likeness (QED) is 0.517. The molecule has 1 amide bonds. The molecule has 0 heterocycles. The van der Waals surface area contributed by atoms with E-state index in [0.717, 1.165) is 0 Å². The Labute approximate surface area is 109 Å². The molecule has 4 heteroatoms. The van der Waals surface area contributed by atoms with Crippen molar-refractivity contribution in [2.24, 2.45) is 0 Å². The molecule has 0 aromatic rings. The lowest BCUT2D eigenvalue weighted by Gasteiger charge is -2.26. The van der Waals surface area contributed by atoms with Gasteiger partial charge in [-0.15, -0.1) is 6.58 Å². The van der Waals surface area contributed by atoms with Crippen LogP contribution < -0.4 is 0 Å². The van der Waals surface area contributed by atoms with Gasteiger partial charge in [-0.3, -0.25) is 4.79 Å². The van der Waals surface area contributed by atoms with Crippen LogP contribution in [0.15, 0.2) is 25.3 Å². The van der Waals surface area contributed by atoms with E-state index in [4.69, 9.17) is 4.74 Å². The highest BCUT2D eigenvalue weighted by Crippen LogP contribution is 2.10. The van der Waals surface area contributed by atoms with E-state index in [9.17, 15) is 9.59 Å².